The van der Waals surface area contributed by atoms with Gasteiger partial charge >= 0.3 is 5.97 Å². The van der Waals surface area contributed by atoms with Crippen LogP contribution in [0.25, 0.3) is 0 Å². The van der Waals surface area contributed by atoms with Crippen molar-refractivity contribution in [1.82, 2.24) is 10.2 Å². The fourth-order valence-electron chi connectivity index (χ4n) is 4.02. The van der Waals surface area contributed by atoms with Crippen molar-refractivity contribution >= 4 is 39.0 Å². The maximum atomic E-state index is 13.1. The zero-order valence-corrected chi connectivity index (χ0v) is 22.6. The Morgan fingerprint density at radius 1 is 1.14 bits per heavy atom. The number of hydrogen-bond acceptors (Lipinski definition) is 5. The molecule has 7 nitrogen and oxygen atoms in total. The Hall–Kier alpha value is -2.91. The number of rotatable bonds is 7. The highest BCUT2D eigenvalue weighted by Gasteiger charge is 2.34. The molecule has 1 atom stereocenters. The van der Waals surface area contributed by atoms with Crippen LogP contribution >= 0.6 is 12.2 Å². The second-order valence-corrected chi connectivity index (χ2v) is 11.4. The average molecular weight is 516 g/mol. The van der Waals surface area contributed by atoms with Gasteiger partial charge < -0.3 is 15.0 Å². The van der Waals surface area contributed by atoms with Crippen LogP contribution in [0.4, 0.5) is 5.69 Å². The second-order valence-electron chi connectivity index (χ2n) is 9.35. The van der Waals surface area contributed by atoms with Gasteiger partial charge in [0.15, 0.2) is 5.11 Å². The van der Waals surface area contributed by atoms with E-state index in [4.69, 9.17) is 17.0 Å². The summed E-state index contributed by atoms with van der Waals surface area (Å²) in [7, 11) is -3.80. The van der Waals surface area contributed by atoms with Gasteiger partial charge in [0.1, 0.15) is 0 Å². The van der Waals surface area contributed by atoms with Crippen molar-refractivity contribution in [2.24, 2.45) is 0 Å². The normalized spacial score (nSPS) is 16.7. The van der Waals surface area contributed by atoms with E-state index in [-0.39, 0.29) is 16.9 Å². The number of benzene rings is 2. The van der Waals surface area contributed by atoms with Gasteiger partial charge in [-0.05, 0) is 73.8 Å². The molecule has 2 N–H and O–H groups in total. The molecule has 0 spiro atoms. The van der Waals surface area contributed by atoms with Crippen LogP contribution in [-0.2, 0) is 25.0 Å². The summed E-state index contributed by atoms with van der Waals surface area (Å²) in [5.41, 5.74) is 3.20. The molecule has 0 bridgehead atoms. The Labute approximate surface area is 213 Å². The maximum Gasteiger partial charge on any atom is 0.338 e. The monoisotopic (exact) mass is 515 g/mol. The van der Waals surface area contributed by atoms with Gasteiger partial charge in [0.05, 0.1) is 23.1 Å². The number of anilines is 1. The van der Waals surface area contributed by atoms with Crippen molar-refractivity contribution in [2.45, 2.75) is 57.9 Å². The number of thiocarbonyl (C=S) groups is 1. The van der Waals surface area contributed by atoms with Gasteiger partial charge in [-0.15, -0.1) is 0 Å². The largest absolute Gasteiger partial charge is 0.463 e. The number of ether oxygens (including phenoxy) is 1. The predicted molar refractivity (Wildman–Crippen MR) is 143 cm³/mol. The lowest BCUT2D eigenvalue weighted by Gasteiger charge is -2.37. The van der Waals surface area contributed by atoms with E-state index in [1.54, 1.807) is 37.3 Å². The first-order chi connectivity index (χ1) is 16.4. The highest BCUT2D eigenvalue weighted by molar-refractivity contribution is 7.92. The molecule has 1 aliphatic rings. The molecule has 1 unspecified atom stereocenters. The highest BCUT2D eigenvalue weighted by Crippen LogP contribution is 2.33. The third-order valence-electron chi connectivity index (χ3n) is 5.91. The van der Waals surface area contributed by atoms with Gasteiger partial charge in [-0.25, -0.2) is 13.2 Å². The number of allylic oxidation sites excluding steroid dienone is 1. The van der Waals surface area contributed by atoms with Crippen molar-refractivity contribution in [3.63, 3.8) is 0 Å². The molecule has 0 aromatic heterocycles. The summed E-state index contributed by atoms with van der Waals surface area (Å²) in [5, 5.41) is 3.71. The van der Waals surface area contributed by atoms with E-state index >= 15 is 0 Å². The Bertz CT molecular complexity index is 1250. The van der Waals surface area contributed by atoms with E-state index in [0.29, 0.717) is 34.2 Å². The number of carbonyl (C=O) groups excluding carboxylic acids is 1. The summed E-state index contributed by atoms with van der Waals surface area (Å²) in [6, 6.07) is 13.2. The molecule has 0 saturated carbocycles. The van der Waals surface area contributed by atoms with Gasteiger partial charge in [0, 0.05) is 17.9 Å². The van der Waals surface area contributed by atoms with Crippen LogP contribution in [-0.4, -0.2) is 37.6 Å². The molecule has 0 amide bonds. The van der Waals surface area contributed by atoms with E-state index in [1.807, 2.05) is 36.9 Å². The Morgan fingerprint density at radius 3 is 2.37 bits per heavy atom. The number of carbonyl (C=O) groups is 1. The number of esters is 1. The van der Waals surface area contributed by atoms with E-state index in [2.05, 4.69) is 30.8 Å². The summed E-state index contributed by atoms with van der Waals surface area (Å²) < 4.78 is 34.1. The van der Waals surface area contributed by atoms with Crippen molar-refractivity contribution in [3.05, 3.63) is 70.9 Å². The van der Waals surface area contributed by atoms with Crippen LogP contribution in [0.15, 0.2) is 64.7 Å². The van der Waals surface area contributed by atoms with Crippen LogP contribution in [0.1, 0.15) is 58.7 Å². The lowest BCUT2D eigenvalue weighted by atomic mass is 9.87. The third kappa shape index (κ3) is 5.85. The molecule has 2 aromatic rings. The SMILES string of the molecule is CCOC(=O)C1=C(C)N(CC)C(=S)NC1c1cccc(NS(=O)(=O)c2ccc(C(C)(C)C)cc2)c1. The lowest BCUT2D eigenvalue weighted by Crippen LogP contribution is -2.47. The fourth-order valence-corrected chi connectivity index (χ4v) is 5.45. The van der Waals surface area contributed by atoms with E-state index in [1.165, 1.54) is 0 Å². The summed E-state index contributed by atoms with van der Waals surface area (Å²) in [6.07, 6.45) is 0. The second kappa shape index (κ2) is 10.4. The maximum absolute atomic E-state index is 13.1. The number of nitrogens with zero attached hydrogens (tertiary/aromatic N) is 1. The lowest BCUT2D eigenvalue weighted by molar-refractivity contribution is -0.139. The zero-order chi connectivity index (χ0) is 26.0. The molecule has 0 saturated heterocycles. The number of sulfonamides is 1. The summed E-state index contributed by atoms with van der Waals surface area (Å²) in [5.74, 6) is -0.437. The van der Waals surface area contributed by atoms with Gasteiger partial charge in [0.2, 0.25) is 0 Å². The smallest absolute Gasteiger partial charge is 0.338 e. The standard InChI is InChI=1S/C26H33N3O4S2/c1-7-29-17(3)22(24(30)33-8-2)23(27-25(29)34)18-10-9-11-20(16-18)28-35(31,32)21-14-12-19(13-15-21)26(4,5)6/h9-16,23,28H,7-8H2,1-6H3,(H,27,34). The highest BCUT2D eigenvalue weighted by atomic mass is 32.2. The summed E-state index contributed by atoms with van der Waals surface area (Å²) in [6.45, 7) is 12.6. The number of nitrogens with one attached hydrogen (secondary N) is 2. The summed E-state index contributed by atoms with van der Waals surface area (Å²) >= 11 is 5.52. The minimum Gasteiger partial charge on any atom is -0.463 e. The van der Waals surface area contributed by atoms with Crippen LogP contribution < -0.4 is 10.0 Å². The molecular weight excluding hydrogens is 482 g/mol. The quantitative estimate of drug-likeness (QED) is 0.402. The Balaban J connectivity index is 1.95. The first-order valence-corrected chi connectivity index (χ1v) is 13.5. The van der Waals surface area contributed by atoms with Crippen molar-refractivity contribution in [3.8, 4) is 0 Å². The Morgan fingerprint density at radius 2 is 1.80 bits per heavy atom. The van der Waals surface area contributed by atoms with E-state index in [9.17, 15) is 13.2 Å². The third-order valence-corrected chi connectivity index (χ3v) is 7.65. The molecule has 1 aliphatic heterocycles. The van der Waals surface area contributed by atoms with Crippen LogP contribution in [0.5, 0.6) is 0 Å². The molecule has 0 aliphatic carbocycles. The molecule has 188 valence electrons. The summed E-state index contributed by atoms with van der Waals surface area (Å²) in [4.78, 5) is 14.9. The van der Waals surface area contributed by atoms with Gasteiger partial charge in [0.25, 0.3) is 10.0 Å². The van der Waals surface area contributed by atoms with Gasteiger partial charge in [-0.2, -0.15) is 0 Å². The van der Waals surface area contributed by atoms with Crippen molar-refractivity contribution < 1.29 is 17.9 Å². The molecular formula is C26H33N3O4S2. The van der Waals surface area contributed by atoms with Crippen LogP contribution in [0, 0.1) is 0 Å². The topological polar surface area (TPSA) is 87.7 Å². The van der Waals surface area contributed by atoms with Crippen LogP contribution in [0.3, 0.4) is 0 Å². The minimum absolute atomic E-state index is 0.0761. The van der Waals surface area contributed by atoms with E-state index < -0.39 is 22.0 Å². The molecule has 9 heteroatoms. The molecule has 0 radical (unpaired) electrons. The van der Waals surface area contributed by atoms with Crippen LogP contribution in [0.2, 0.25) is 0 Å². The molecule has 1 heterocycles. The Kier molecular flexibility index (Phi) is 7.91. The predicted octanol–water partition coefficient (Wildman–Crippen LogP) is 4.87. The minimum atomic E-state index is -3.80. The molecule has 0 fully saturated rings. The average Bonchev–Trinajstić information content (AvgIpc) is 2.78. The van der Waals surface area contributed by atoms with E-state index in [0.717, 1.165) is 5.56 Å². The first kappa shape index (κ1) is 26.7. The van der Waals surface area contributed by atoms with Crippen molar-refractivity contribution in [1.29, 1.82) is 0 Å². The number of hydrogen-bond donors (Lipinski definition) is 2. The molecule has 35 heavy (non-hydrogen) atoms. The fraction of sp³-hybridized carbons (Fsp3) is 0.385. The zero-order valence-electron chi connectivity index (χ0n) is 21.0. The van der Waals surface area contributed by atoms with Crippen molar-refractivity contribution in [2.75, 3.05) is 17.9 Å². The first-order valence-electron chi connectivity index (χ1n) is 11.6. The molecule has 3 rings (SSSR count). The van der Waals surface area contributed by atoms with Gasteiger partial charge in [-0.3, -0.25) is 4.72 Å². The molecule has 2 aromatic carbocycles. The van der Waals surface area contributed by atoms with Gasteiger partial charge in [-0.1, -0.05) is 45.0 Å².